The molecule has 3 fully saturated rings. The predicted molar refractivity (Wildman–Crippen MR) is 271 cm³/mol. The lowest BCUT2D eigenvalue weighted by atomic mass is 10.0. The first-order valence-corrected chi connectivity index (χ1v) is 26.1. The highest BCUT2D eigenvalue weighted by Crippen LogP contribution is 2.36. The number of carbonyl (C=O) groups is 4. The minimum absolute atomic E-state index is 0.00399. The quantitative estimate of drug-likeness (QED) is 0.0299. The molecule has 3 aromatic carbocycles. The van der Waals surface area contributed by atoms with E-state index >= 15 is 0 Å². The maximum atomic E-state index is 13.7. The Morgan fingerprint density at radius 3 is 2.39 bits per heavy atom. The minimum atomic E-state index is -0.577. The van der Waals surface area contributed by atoms with Crippen LogP contribution in [0.2, 0.25) is 5.02 Å². The first kappa shape index (κ1) is 50.3. The van der Waals surface area contributed by atoms with Crippen LogP contribution in [0.4, 0.5) is 21.6 Å². The zero-order valence-corrected chi connectivity index (χ0v) is 41.2. The normalized spacial score (nSPS) is 18.6. The molecular weight excluding hydrogens is 917 g/mol. The summed E-state index contributed by atoms with van der Waals surface area (Å²) in [6.07, 6.45) is 19.3. The maximum Gasteiger partial charge on any atom is 0.255 e. The molecule has 3 saturated heterocycles. The van der Waals surface area contributed by atoms with Crippen LogP contribution in [0, 0.1) is 5.82 Å². The van der Waals surface area contributed by atoms with Crippen molar-refractivity contribution in [3.8, 4) is 5.75 Å². The standard InChI is InChI=1S/C52H65ClFN9O5S/c1-68-46-33-43-39(50(56-35-55-43)57-36-16-17-42(54)41(53)31-36)32-44(46)58-48(64)15-12-23-60-24-20-37(21-25-60)62-28-26-61(27-29-62)22-9-7-5-3-2-4-6-8-10-30-69-47-14-11-13-38-40(47)34-63(52(38)67)45-18-19-49(65)59-51(45)66/h11-17,31-33,35,37,45H,2-10,18-30,34H2,1H3,(H,58,64)(H,55,56,57)(H,59,65,66)/b15-12+. The van der Waals surface area contributed by atoms with Gasteiger partial charge in [0.15, 0.2) is 0 Å². The molecule has 4 aromatic rings. The Labute approximate surface area is 414 Å². The van der Waals surface area contributed by atoms with Gasteiger partial charge >= 0.3 is 0 Å². The van der Waals surface area contributed by atoms with Gasteiger partial charge in [0.05, 0.1) is 23.3 Å². The van der Waals surface area contributed by atoms with E-state index in [1.165, 1.54) is 76.4 Å². The van der Waals surface area contributed by atoms with Crippen LogP contribution >= 0.6 is 23.4 Å². The smallest absolute Gasteiger partial charge is 0.255 e. The number of aromatic nitrogens is 2. The summed E-state index contributed by atoms with van der Waals surface area (Å²) in [6, 6.07) is 13.8. The third-order valence-electron chi connectivity index (χ3n) is 13.9. The van der Waals surface area contributed by atoms with Crippen LogP contribution in [0.5, 0.6) is 5.75 Å². The largest absolute Gasteiger partial charge is 0.494 e. The van der Waals surface area contributed by atoms with Crippen molar-refractivity contribution >= 4 is 75.1 Å². The predicted octanol–water partition coefficient (Wildman–Crippen LogP) is 8.82. The number of carbonyl (C=O) groups excluding carboxylic acids is 4. The molecule has 4 aliphatic rings. The molecule has 0 saturated carbocycles. The van der Waals surface area contributed by atoms with Crippen LogP contribution in [0.25, 0.3) is 10.9 Å². The van der Waals surface area contributed by atoms with Crippen molar-refractivity contribution in [2.75, 3.05) is 75.9 Å². The van der Waals surface area contributed by atoms with Gasteiger partial charge < -0.3 is 25.2 Å². The van der Waals surface area contributed by atoms with E-state index in [1.807, 2.05) is 30.0 Å². The van der Waals surface area contributed by atoms with Crippen LogP contribution in [0.3, 0.4) is 0 Å². The number of methoxy groups -OCH3 is 1. The SMILES string of the molecule is COc1cc2ncnc(Nc3ccc(F)c(Cl)c3)c2cc1NC(=O)/C=C/CN1CCC(N2CCN(CCCCCCCCCCCSc3cccc4c3CN(C3CCC(=O)NC3=O)C4=O)CC2)CC1. The van der Waals surface area contributed by atoms with Crippen LogP contribution in [-0.4, -0.2) is 131 Å². The molecule has 69 heavy (non-hydrogen) atoms. The number of halogens is 2. The number of likely N-dealkylation sites (tertiary alicyclic amines) is 1. The summed E-state index contributed by atoms with van der Waals surface area (Å²) < 4.78 is 19.3. The fraction of sp³-hybridized carbons (Fsp3) is 0.500. The summed E-state index contributed by atoms with van der Waals surface area (Å²) in [4.78, 5) is 69.5. The number of anilines is 3. The van der Waals surface area contributed by atoms with E-state index in [1.54, 1.807) is 36.3 Å². The number of ether oxygens (including phenoxy) is 1. The van der Waals surface area contributed by atoms with E-state index in [9.17, 15) is 23.6 Å². The number of piperazine rings is 1. The van der Waals surface area contributed by atoms with Gasteiger partial charge in [-0.3, -0.25) is 34.3 Å². The van der Waals surface area contributed by atoms with Gasteiger partial charge in [0.25, 0.3) is 5.91 Å². The highest BCUT2D eigenvalue weighted by molar-refractivity contribution is 7.99. The van der Waals surface area contributed by atoms with Crippen molar-refractivity contribution in [2.45, 2.75) is 107 Å². The van der Waals surface area contributed by atoms with E-state index in [0.717, 1.165) is 74.7 Å². The van der Waals surface area contributed by atoms with Crippen LogP contribution < -0.4 is 20.7 Å². The number of hydrogen-bond acceptors (Lipinski definition) is 12. The first-order valence-electron chi connectivity index (χ1n) is 24.7. The van der Waals surface area contributed by atoms with E-state index in [0.29, 0.717) is 65.0 Å². The highest BCUT2D eigenvalue weighted by atomic mass is 35.5. The molecule has 0 bridgehead atoms. The lowest BCUT2D eigenvalue weighted by molar-refractivity contribution is -0.137. The molecular formula is C52H65ClFN9O5S. The van der Waals surface area contributed by atoms with E-state index in [-0.39, 0.29) is 35.1 Å². The number of piperidine rings is 2. The van der Waals surface area contributed by atoms with Crippen molar-refractivity contribution in [2.24, 2.45) is 0 Å². The van der Waals surface area contributed by atoms with Crippen LogP contribution in [-0.2, 0) is 20.9 Å². The number of fused-ring (bicyclic) bond motifs is 2. The Hall–Kier alpha value is -5.13. The lowest BCUT2D eigenvalue weighted by Crippen LogP contribution is -2.53. The average Bonchev–Trinajstić information content (AvgIpc) is 3.69. The Balaban J connectivity index is 0.645. The Morgan fingerprint density at radius 2 is 1.65 bits per heavy atom. The van der Waals surface area contributed by atoms with E-state index < -0.39 is 11.9 Å². The summed E-state index contributed by atoms with van der Waals surface area (Å²) >= 11 is 7.80. The molecule has 0 spiro atoms. The Bertz CT molecular complexity index is 2480. The molecule has 8 rings (SSSR count). The fourth-order valence-corrected chi connectivity index (χ4v) is 11.3. The van der Waals surface area contributed by atoms with Crippen molar-refractivity contribution < 1.29 is 28.3 Å². The van der Waals surface area contributed by atoms with Gasteiger partial charge in [-0.1, -0.05) is 68.7 Å². The van der Waals surface area contributed by atoms with Gasteiger partial charge in [-0.15, -0.1) is 11.8 Å². The maximum absolute atomic E-state index is 13.7. The number of rotatable bonds is 22. The van der Waals surface area contributed by atoms with Crippen molar-refractivity contribution in [3.05, 3.63) is 89.0 Å². The van der Waals surface area contributed by atoms with Crippen molar-refractivity contribution in [1.82, 2.24) is 34.9 Å². The monoisotopic (exact) mass is 981 g/mol. The summed E-state index contributed by atoms with van der Waals surface area (Å²) in [7, 11) is 1.54. The topological polar surface area (TPSA) is 152 Å². The number of imide groups is 1. The number of thioether (sulfide) groups is 1. The third kappa shape index (κ3) is 13.4. The number of nitrogens with zero attached hydrogens (tertiary/aromatic N) is 6. The number of nitrogens with one attached hydrogen (secondary N) is 3. The summed E-state index contributed by atoms with van der Waals surface area (Å²) in [6.45, 7) is 8.95. The van der Waals surface area contributed by atoms with Gasteiger partial charge in [-0.2, -0.15) is 0 Å². The second-order valence-electron chi connectivity index (χ2n) is 18.6. The number of amides is 4. The fourth-order valence-electron chi connectivity index (χ4n) is 10.0. The highest BCUT2D eigenvalue weighted by Gasteiger charge is 2.40. The zero-order valence-electron chi connectivity index (χ0n) is 39.7. The molecule has 14 nitrogen and oxygen atoms in total. The van der Waals surface area contributed by atoms with E-state index in [2.05, 4.69) is 46.7 Å². The second-order valence-corrected chi connectivity index (χ2v) is 20.1. The minimum Gasteiger partial charge on any atom is -0.494 e. The molecule has 1 atom stereocenters. The first-order chi connectivity index (χ1) is 33.6. The molecule has 3 N–H and O–H groups in total. The van der Waals surface area contributed by atoms with Gasteiger partial charge in [0, 0.05) is 85.4 Å². The number of hydrogen-bond donors (Lipinski definition) is 3. The van der Waals surface area contributed by atoms with Crippen LogP contribution in [0.1, 0.15) is 99.4 Å². The van der Waals surface area contributed by atoms with Gasteiger partial charge in [-0.05, 0) is 99.5 Å². The van der Waals surface area contributed by atoms with Gasteiger partial charge in [-0.25, -0.2) is 14.4 Å². The second kappa shape index (κ2) is 24.6. The molecule has 0 radical (unpaired) electrons. The number of unbranched alkanes of at least 4 members (excludes halogenated alkanes) is 8. The lowest BCUT2D eigenvalue weighted by Gasteiger charge is -2.42. The molecule has 1 aromatic heterocycles. The average molecular weight is 983 g/mol. The van der Waals surface area contributed by atoms with Crippen molar-refractivity contribution in [3.63, 3.8) is 0 Å². The summed E-state index contributed by atoms with van der Waals surface area (Å²) in [5.74, 6) is 0.456. The van der Waals surface area contributed by atoms with E-state index in [4.69, 9.17) is 16.3 Å². The molecule has 1 unspecified atom stereocenters. The molecule has 368 valence electrons. The third-order valence-corrected chi connectivity index (χ3v) is 15.4. The molecule has 4 aliphatic heterocycles. The van der Waals surface area contributed by atoms with Gasteiger partial charge in [0.1, 0.15) is 29.8 Å². The van der Waals surface area contributed by atoms with Crippen LogP contribution in [0.15, 0.2) is 71.9 Å². The molecule has 0 aliphatic carbocycles. The number of benzene rings is 3. The van der Waals surface area contributed by atoms with Gasteiger partial charge in [0.2, 0.25) is 17.7 Å². The molecule has 4 amide bonds. The Morgan fingerprint density at radius 1 is 0.899 bits per heavy atom. The molecule has 17 heteroatoms. The van der Waals surface area contributed by atoms with Crippen molar-refractivity contribution in [1.29, 1.82) is 0 Å². The summed E-state index contributed by atoms with van der Waals surface area (Å²) in [5, 5.41) is 9.15. The summed E-state index contributed by atoms with van der Waals surface area (Å²) in [5.41, 5.74) is 3.36. The zero-order chi connectivity index (χ0) is 48.1. The Kier molecular flexibility index (Phi) is 17.9. The molecule has 5 heterocycles.